The van der Waals surface area contributed by atoms with Gasteiger partial charge in [0.25, 0.3) is 0 Å². The van der Waals surface area contributed by atoms with Crippen LogP contribution in [0.15, 0.2) is 0 Å². The maximum atomic E-state index is 0. The Hall–Kier alpha value is 1.74. The van der Waals surface area contributed by atoms with Gasteiger partial charge in [0, 0.05) is 55.1 Å². The second-order valence-electron chi connectivity index (χ2n) is 0. The van der Waals surface area contributed by atoms with Crippen LogP contribution in [0.25, 0.3) is 0 Å². The van der Waals surface area contributed by atoms with E-state index in [1.165, 1.54) is 0 Å². The third-order valence-electron chi connectivity index (χ3n) is 0. The molecule has 0 aliphatic carbocycles. The molecule has 0 aliphatic heterocycles. The summed E-state index contributed by atoms with van der Waals surface area (Å²) in [4.78, 5) is 0. The Morgan fingerprint density at radius 1 is 0.750 bits per heavy atom. The van der Waals surface area contributed by atoms with Crippen LogP contribution < -0.4 is 0 Å². The molecule has 0 atom stereocenters. The van der Waals surface area contributed by atoms with E-state index in [2.05, 4.69) is 0 Å². The quantitative estimate of drug-likeness (QED) is 0.455. The molecule has 21 valence electrons. The zero-order valence-electron chi connectivity index (χ0n) is 2.28. The fraction of sp³-hybridized carbons (Fsp3) is 0. The summed E-state index contributed by atoms with van der Waals surface area (Å²) >= 11 is 0. The van der Waals surface area contributed by atoms with Crippen molar-refractivity contribution in [3.05, 3.63) is 0 Å². The SMILES string of the molecule is O.O.[La].[Zn]. The van der Waals surface area contributed by atoms with Crippen molar-refractivity contribution in [1.82, 2.24) is 0 Å². The second kappa shape index (κ2) is 21.9. The summed E-state index contributed by atoms with van der Waals surface area (Å²) in [6.45, 7) is 0. The molecule has 0 aliphatic rings. The van der Waals surface area contributed by atoms with Crippen LogP contribution in [-0.2, 0) is 19.5 Å². The monoisotopic (exact) mass is 239 g/mol. The van der Waals surface area contributed by atoms with Crippen LogP contribution in [0.1, 0.15) is 0 Å². The molecule has 1 radical (unpaired) electrons. The minimum absolute atomic E-state index is 0. The Morgan fingerprint density at radius 2 is 0.750 bits per heavy atom. The van der Waals surface area contributed by atoms with Gasteiger partial charge in [-0.05, 0) is 0 Å². The maximum absolute atomic E-state index is 0. The van der Waals surface area contributed by atoms with Gasteiger partial charge < -0.3 is 11.0 Å². The number of rotatable bonds is 0. The molecule has 0 bridgehead atoms. The first-order chi connectivity index (χ1) is 0. The van der Waals surface area contributed by atoms with E-state index in [-0.39, 0.29) is 66.0 Å². The molecule has 0 heterocycles. The molecule has 4 N–H and O–H groups in total. The standard InChI is InChI=1S/La.2H2O.Zn/h;2*1H2;. The van der Waals surface area contributed by atoms with Crippen LogP contribution in [0.5, 0.6) is 0 Å². The van der Waals surface area contributed by atoms with Gasteiger partial charge in [-0.15, -0.1) is 0 Å². The first kappa shape index (κ1) is 42.6. The van der Waals surface area contributed by atoms with Crippen molar-refractivity contribution < 1.29 is 66.0 Å². The van der Waals surface area contributed by atoms with Crippen molar-refractivity contribution in [3.63, 3.8) is 0 Å². The van der Waals surface area contributed by atoms with Gasteiger partial charge in [-0.2, -0.15) is 0 Å². The Balaban J connectivity index is 0. The van der Waals surface area contributed by atoms with Gasteiger partial charge in [0.05, 0.1) is 0 Å². The molecule has 2 nitrogen and oxygen atoms in total. The number of hydrogen-bond acceptors (Lipinski definition) is 0. The van der Waals surface area contributed by atoms with Crippen molar-refractivity contribution in [2.24, 2.45) is 0 Å². The molecule has 0 saturated heterocycles. The summed E-state index contributed by atoms with van der Waals surface area (Å²) in [6.07, 6.45) is 0. The summed E-state index contributed by atoms with van der Waals surface area (Å²) in [5, 5.41) is 0. The summed E-state index contributed by atoms with van der Waals surface area (Å²) in [6, 6.07) is 0. The minimum Gasteiger partial charge on any atom is -0.412 e. The molecular formula is H4LaO2Zn. The average molecular weight is 240 g/mol. The molecular weight excluding hydrogens is 236 g/mol. The topological polar surface area (TPSA) is 63.0 Å². The molecule has 0 spiro atoms. The summed E-state index contributed by atoms with van der Waals surface area (Å²) in [5.41, 5.74) is 0. The molecule has 0 fully saturated rings. The Kier molecular flexibility index (Phi) is 234. The molecule has 4 heteroatoms. The maximum Gasteiger partial charge on any atom is 0 e. The molecule has 0 amide bonds. The second-order valence-corrected chi connectivity index (χ2v) is 0. The Morgan fingerprint density at radius 3 is 0.750 bits per heavy atom. The van der Waals surface area contributed by atoms with E-state index in [4.69, 9.17) is 0 Å². The van der Waals surface area contributed by atoms with Crippen LogP contribution in [0.4, 0.5) is 0 Å². The zero-order valence-corrected chi connectivity index (χ0v) is 8.88. The minimum atomic E-state index is 0. The third kappa shape index (κ3) is 9.28. The van der Waals surface area contributed by atoms with E-state index >= 15 is 0 Å². The van der Waals surface area contributed by atoms with Crippen LogP contribution in [0.3, 0.4) is 0 Å². The first-order valence-corrected chi connectivity index (χ1v) is 0. The molecule has 0 aromatic heterocycles. The van der Waals surface area contributed by atoms with E-state index in [1.807, 2.05) is 0 Å². The van der Waals surface area contributed by atoms with Crippen molar-refractivity contribution in [2.45, 2.75) is 0 Å². The zero-order chi connectivity index (χ0) is 0. The Bertz CT molecular complexity index is 6.00. The van der Waals surface area contributed by atoms with E-state index in [9.17, 15) is 0 Å². The molecule has 0 aromatic carbocycles. The van der Waals surface area contributed by atoms with Crippen molar-refractivity contribution in [2.75, 3.05) is 0 Å². The van der Waals surface area contributed by atoms with Gasteiger partial charge in [0.15, 0.2) is 0 Å². The fourth-order valence-corrected chi connectivity index (χ4v) is 0. The molecule has 0 unspecified atom stereocenters. The van der Waals surface area contributed by atoms with Crippen LogP contribution in [-0.4, -0.2) is 11.0 Å². The van der Waals surface area contributed by atoms with Crippen molar-refractivity contribution in [1.29, 1.82) is 0 Å². The van der Waals surface area contributed by atoms with Gasteiger partial charge in [0.1, 0.15) is 0 Å². The van der Waals surface area contributed by atoms with Gasteiger partial charge in [-0.25, -0.2) is 0 Å². The molecule has 0 aromatic rings. The number of hydrogen-bond donors (Lipinski definition) is 0. The predicted octanol–water partition coefficient (Wildman–Crippen LogP) is -1.65. The Labute approximate surface area is 65.3 Å². The van der Waals surface area contributed by atoms with Crippen LogP contribution in [0.2, 0.25) is 0 Å². The third-order valence-corrected chi connectivity index (χ3v) is 0. The molecule has 0 saturated carbocycles. The van der Waals surface area contributed by atoms with Crippen LogP contribution >= 0.6 is 0 Å². The van der Waals surface area contributed by atoms with E-state index in [1.54, 1.807) is 0 Å². The van der Waals surface area contributed by atoms with Crippen molar-refractivity contribution >= 4 is 0 Å². The van der Waals surface area contributed by atoms with Gasteiger partial charge >= 0.3 is 0 Å². The van der Waals surface area contributed by atoms with Gasteiger partial charge in [0.2, 0.25) is 0 Å². The fourth-order valence-electron chi connectivity index (χ4n) is 0. The van der Waals surface area contributed by atoms with E-state index in [0.29, 0.717) is 0 Å². The predicted molar refractivity (Wildman–Crippen MR) is 7.23 cm³/mol. The largest absolute Gasteiger partial charge is 0.412 e. The summed E-state index contributed by atoms with van der Waals surface area (Å²) < 4.78 is 0. The molecule has 0 rings (SSSR count). The first-order valence-electron chi connectivity index (χ1n) is 0. The normalized spacial score (nSPS) is 0. The van der Waals surface area contributed by atoms with E-state index in [0.717, 1.165) is 0 Å². The summed E-state index contributed by atoms with van der Waals surface area (Å²) in [5.74, 6) is 0. The smallest absolute Gasteiger partial charge is 0 e. The van der Waals surface area contributed by atoms with Crippen LogP contribution in [0, 0.1) is 35.6 Å². The van der Waals surface area contributed by atoms with Crippen molar-refractivity contribution in [3.8, 4) is 0 Å². The van der Waals surface area contributed by atoms with E-state index < -0.39 is 0 Å². The molecule has 4 heavy (non-hydrogen) atoms. The average Bonchev–Trinajstić information content (AvgIpc) is 0. The summed E-state index contributed by atoms with van der Waals surface area (Å²) in [7, 11) is 0. The van der Waals surface area contributed by atoms with Gasteiger partial charge in [-0.1, -0.05) is 0 Å². The van der Waals surface area contributed by atoms with Gasteiger partial charge in [-0.3, -0.25) is 0 Å².